The zero-order valence-corrected chi connectivity index (χ0v) is 10.2. The second-order valence-electron chi connectivity index (χ2n) is 4.79. The average molecular weight is 212 g/mol. The smallest absolute Gasteiger partial charge is 0.0794 e. The van der Waals surface area contributed by atoms with Crippen LogP contribution < -0.4 is 5.32 Å². The van der Waals surface area contributed by atoms with Crippen molar-refractivity contribution < 1.29 is 0 Å². The molecule has 0 spiro atoms. The number of hydrogen-bond acceptors (Lipinski definition) is 3. The molecule has 0 amide bonds. The lowest BCUT2D eigenvalue weighted by Gasteiger charge is -2.17. The molecule has 0 fully saturated rings. The third kappa shape index (κ3) is 5.35. The monoisotopic (exact) mass is 212 g/mol. The van der Waals surface area contributed by atoms with Crippen LogP contribution in [0.3, 0.4) is 0 Å². The molecule has 0 unspecified atom stereocenters. The van der Waals surface area contributed by atoms with Crippen LogP contribution in [0.2, 0.25) is 0 Å². The van der Waals surface area contributed by atoms with Gasteiger partial charge in [0, 0.05) is 18.3 Å². The van der Waals surface area contributed by atoms with E-state index in [1.54, 1.807) is 11.3 Å². The highest BCUT2D eigenvalue weighted by atomic mass is 32.1. The van der Waals surface area contributed by atoms with Crippen LogP contribution in [0.5, 0.6) is 0 Å². The minimum Gasteiger partial charge on any atom is -0.316 e. The van der Waals surface area contributed by atoms with Gasteiger partial charge in [-0.1, -0.05) is 20.8 Å². The summed E-state index contributed by atoms with van der Waals surface area (Å²) in [6, 6.07) is 0. The predicted octanol–water partition coefficient (Wildman–Crippen LogP) is 2.71. The molecule has 0 saturated heterocycles. The maximum absolute atomic E-state index is 4.24. The SMILES string of the molecule is CC(C)(C)CCNCCc1cscn1. The molecule has 80 valence electrons. The largest absolute Gasteiger partial charge is 0.316 e. The summed E-state index contributed by atoms with van der Waals surface area (Å²) in [7, 11) is 0. The van der Waals surface area contributed by atoms with E-state index in [9.17, 15) is 0 Å². The van der Waals surface area contributed by atoms with E-state index >= 15 is 0 Å². The highest BCUT2D eigenvalue weighted by molar-refractivity contribution is 7.07. The van der Waals surface area contributed by atoms with Crippen LogP contribution in [0.15, 0.2) is 10.9 Å². The Bertz CT molecular complexity index is 236. The summed E-state index contributed by atoms with van der Waals surface area (Å²) in [5.41, 5.74) is 3.54. The first-order valence-corrected chi connectivity index (χ1v) is 6.10. The van der Waals surface area contributed by atoms with Crippen molar-refractivity contribution in [3.8, 4) is 0 Å². The van der Waals surface area contributed by atoms with E-state index in [4.69, 9.17) is 0 Å². The molecular weight excluding hydrogens is 192 g/mol. The number of nitrogens with one attached hydrogen (secondary N) is 1. The summed E-state index contributed by atoms with van der Waals surface area (Å²) in [5.74, 6) is 0. The molecule has 0 bridgehead atoms. The van der Waals surface area contributed by atoms with E-state index in [1.807, 2.05) is 5.51 Å². The standard InChI is InChI=1S/C11H20N2S/c1-11(2,3)5-7-12-6-4-10-8-14-9-13-10/h8-9,12H,4-7H2,1-3H3. The zero-order valence-electron chi connectivity index (χ0n) is 9.34. The lowest BCUT2D eigenvalue weighted by Crippen LogP contribution is -2.22. The van der Waals surface area contributed by atoms with Crippen molar-refractivity contribution in [2.45, 2.75) is 33.6 Å². The molecule has 0 atom stereocenters. The molecular formula is C11H20N2S. The molecule has 0 saturated carbocycles. The van der Waals surface area contributed by atoms with Gasteiger partial charge in [-0.2, -0.15) is 0 Å². The topological polar surface area (TPSA) is 24.9 Å². The van der Waals surface area contributed by atoms with E-state index < -0.39 is 0 Å². The molecule has 0 aromatic carbocycles. The Morgan fingerprint density at radius 1 is 1.36 bits per heavy atom. The second kappa shape index (κ2) is 5.47. The first-order chi connectivity index (χ1) is 6.58. The Balaban J connectivity index is 2.00. The van der Waals surface area contributed by atoms with Crippen molar-refractivity contribution in [3.05, 3.63) is 16.6 Å². The van der Waals surface area contributed by atoms with E-state index in [0.29, 0.717) is 5.41 Å². The van der Waals surface area contributed by atoms with Crippen molar-refractivity contribution in [2.24, 2.45) is 5.41 Å². The lowest BCUT2D eigenvalue weighted by molar-refractivity contribution is 0.367. The normalized spacial score (nSPS) is 11.9. The van der Waals surface area contributed by atoms with Gasteiger partial charge in [0.2, 0.25) is 0 Å². The highest BCUT2D eigenvalue weighted by Gasteiger charge is 2.08. The number of thiazole rings is 1. The highest BCUT2D eigenvalue weighted by Crippen LogP contribution is 2.16. The molecule has 14 heavy (non-hydrogen) atoms. The fraction of sp³-hybridized carbons (Fsp3) is 0.727. The number of nitrogens with zero attached hydrogens (tertiary/aromatic N) is 1. The zero-order chi connectivity index (χ0) is 10.4. The van der Waals surface area contributed by atoms with Crippen molar-refractivity contribution in [1.82, 2.24) is 10.3 Å². The Morgan fingerprint density at radius 2 is 2.14 bits per heavy atom. The van der Waals surface area contributed by atoms with E-state index in [-0.39, 0.29) is 0 Å². The quantitative estimate of drug-likeness (QED) is 0.759. The Morgan fingerprint density at radius 3 is 2.71 bits per heavy atom. The van der Waals surface area contributed by atoms with E-state index in [1.165, 1.54) is 12.1 Å². The van der Waals surface area contributed by atoms with Crippen LogP contribution in [-0.2, 0) is 6.42 Å². The maximum atomic E-state index is 4.24. The van der Waals surface area contributed by atoms with Gasteiger partial charge in [-0.05, 0) is 18.4 Å². The van der Waals surface area contributed by atoms with Crippen molar-refractivity contribution in [1.29, 1.82) is 0 Å². The van der Waals surface area contributed by atoms with Gasteiger partial charge in [-0.15, -0.1) is 11.3 Å². The summed E-state index contributed by atoms with van der Waals surface area (Å²) in [4.78, 5) is 4.24. The summed E-state index contributed by atoms with van der Waals surface area (Å²) in [5, 5.41) is 5.56. The second-order valence-corrected chi connectivity index (χ2v) is 5.51. The fourth-order valence-electron chi connectivity index (χ4n) is 1.17. The van der Waals surface area contributed by atoms with E-state index in [0.717, 1.165) is 19.5 Å². The van der Waals surface area contributed by atoms with Crippen LogP contribution in [0, 0.1) is 5.41 Å². The minimum atomic E-state index is 0.438. The molecule has 1 aromatic rings. The van der Waals surface area contributed by atoms with Gasteiger partial charge < -0.3 is 5.32 Å². The first-order valence-electron chi connectivity index (χ1n) is 5.16. The van der Waals surface area contributed by atoms with E-state index in [2.05, 4.69) is 36.5 Å². The Kier molecular flexibility index (Phi) is 4.55. The van der Waals surface area contributed by atoms with Gasteiger partial charge in [0.1, 0.15) is 0 Å². The summed E-state index contributed by atoms with van der Waals surface area (Å²) in [6.07, 6.45) is 2.28. The third-order valence-corrected chi connectivity index (χ3v) is 2.73. The van der Waals surface area contributed by atoms with Crippen LogP contribution in [0.4, 0.5) is 0 Å². The maximum Gasteiger partial charge on any atom is 0.0794 e. The van der Waals surface area contributed by atoms with Gasteiger partial charge in [-0.3, -0.25) is 0 Å². The number of hydrogen-bond donors (Lipinski definition) is 1. The molecule has 1 rings (SSSR count). The van der Waals surface area contributed by atoms with Gasteiger partial charge >= 0.3 is 0 Å². The average Bonchev–Trinajstić information content (AvgIpc) is 2.54. The molecule has 1 heterocycles. The minimum absolute atomic E-state index is 0.438. The van der Waals surface area contributed by atoms with Crippen molar-refractivity contribution >= 4 is 11.3 Å². The van der Waals surface area contributed by atoms with Crippen molar-refractivity contribution in [3.63, 3.8) is 0 Å². The molecule has 0 radical (unpaired) electrons. The third-order valence-electron chi connectivity index (χ3n) is 2.09. The molecule has 0 aliphatic carbocycles. The molecule has 3 heteroatoms. The molecule has 0 aliphatic rings. The van der Waals surface area contributed by atoms with Gasteiger partial charge in [0.05, 0.1) is 11.2 Å². The molecule has 1 aromatic heterocycles. The number of rotatable bonds is 5. The van der Waals surface area contributed by atoms with Crippen LogP contribution in [-0.4, -0.2) is 18.1 Å². The fourth-order valence-corrected chi connectivity index (χ4v) is 1.76. The summed E-state index contributed by atoms with van der Waals surface area (Å²) >= 11 is 1.67. The first kappa shape index (κ1) is 11.7. The van der Waals surface area contributed by atoms with Gasteiger partial charge in [0.15, 0.2) is 0 Å². The van der Waals surface area contributed by atoms with Crippen molar-refractivity contribution in [2.75, 3.05) is 13.1 Å². The number of aromatic nitrogens is 1. The lowest BCUT2D eigenvalue weighted by atomic mass is 9.92. The van der Waals surface area contributed by atoms with Crippen LogP contribution in [0.1, 0.15) is 32.9 Å². The van der Waals surface area contributed by atoms with Gasteiger partial charge in [-0.25, -0.2) is 4.98 Å². The Labute approximate surface area is 90.8 Å². The predicted molar refractivity (Wildman–Crippen MR) is 62.8 cm³/mol. The molecule has 1 N–H and O–H groups in total. The summed E-state index contributed by atoms with van der Waals surface area (Å²) in [6.45, 7) is 8.97. The van der Waals surface area contributed by atoms with Gasteiger partial charge in [0.25, 0.3) is 0 Å². The summed E-state index contributed by atoms with van der Waals surface area (Å²) < 4.78 is 0. The Hall–Kier alpha value is -0.410. The molecule has 2 nitrogen and oxygen atoms in total. The molecule has 0 aliphatic heterocycles. The van der Waals surface area contributed by atoms with Crippen LogP contribution in [0.25, 0.3) is 0 Å². The van der Waals surface area contributed by atoms with Crippen LogP contribution >= 0.6 is 11.3 Å².